The molecule has 0 fully saturated rings. The van der Waals surface area contributed by atoms with E-state index in [-0.39, 0.29) is 13.2 Å². The molecular formula is C18H23NO4. The predicted octanol–water partition coefficient (Wildman–Crippen LogP) is 2.85. The first-order chi connectivity index (χ1) is 11.1. The minimum absolute atomic E-state index is 0.253. The fourth-order valence-electron chi connectivity index (χ4n) is 2.74. The van der Waals surface area contributed by atoms with Crippen molar-refractivity contribution in [3.05, 3.63) is 36.0 Å². The Morgan fingerprint density at radius 2 is 1.70 bits per heavy atom. The van der Waals surface area contributed by atoms with Crippen LogP contribution in [0, 0.1) is 5.92 Å². The van der Waals surface area contributed by atoms with Crippen molar-refractivity contribution in [2.24, 2.45) is 13.0 Å². The van der Waals surface area contributed by atoms with Gasteiger partial charge >= 0.3 is 11.9 Å². The zero-order valence-electron chi connectivity index (χ0n) is 13.9. The molecule has 1 aromatic heterocycles. The summed E-state index contributed by atoms with van der Waals surface area (Å²) in [5.74, 6) is -1.88. The average Bonchev–Trinajstić information content (AvgIpc) is 2.85. The molecule has 0 aliphatic rings. The van der Waals surface area contributed by atoms with Gasteiger partial charge in [-0.2, -0.15) is 0 Å². The molecule has 0 aliphatic carbocycles. The second-order valence-corrected chi connectivity index (χ2v) is 5.38. The minimum Gasteiger partial charge on any atom is -0.465 e. The van der Waals surface area contributed by atoms with Gasteiger partial charge in [0.2, 0.25) is 0 Å². The second-order valence-electron chi connectivity index (χ2n) is 5.38. The Balaban J connectivity index is 2.16. The predicted molar refractivity (Wildman–Crippen MR) is 88.0 cm³/mol. The summed E-state index contributed by atoms with van der Waals surface area (Å²) in [7, 11) is 1.99. The van der Waals surface area contributed by atoms with Gasteiger partial charge < -0.3 is 14.0 Å². The number of carbonyl (C=O) groups is 2. The molecule has 5 heteroatoms. The van der Waals surface area contributed by atoms with E-state index in [1.54, 1.807) is 13.8 Å². The van der Waals surface area contributed by atoms with Crippen molar-refractivity contribution in [2.45, 2.75) is 26.7 Å². The Kier molecular flexibility index (Phi) is 5.79. The van der Waals surface area contributed by atoms with E-state index in [4.69, 9.17) is 9.47 Å². The van der Waals surface area contributed by atoms with Crippen LogP contribution in [-0.2, 0) is 32.5 Å². The molecule has 2 aromatic rings. The number of hydrogen-bond donors (Lipinski definition) is 0. The van der Waals surface area contributed by atoms with Crippen LogP contribution >= 0.6 is 0 Å². The van der Waals surface area contributed by atoms with Crippen LogP contribution in [0.5, 0.6) is 0 Å². The minimum atomic E-state index is -0.867. The normalized spacial score (nSPS) is 11.0. The summed E-state index contributed by atoms with van der Waals surface area (Å²) < 4.78 is 12.1. The molecule has 0 bridgehead atoms. The molecule has 124 valence electrons. The first-order valence-electron chi connectivity index (χ1n) is 7.94. The fraction of sp³-hybridized carbons (Fsp3) is 0.444. The Labute approximate surface area is 136 Å². The second kappa shape index (κ2) is 7.81. The van der Waals surface area contributed by atoms with Gasteiger partial charge in [0.05, 0.1) is 13.2 Å². The van der Waals surface area contributed by atoms with Crippen LogP contribution in [-0.4, -0.2) is 29.7 Å². The highest BCUT2D eigenvalue weighted by atomic mass is 16.6. The number of nitrogens with zero attached hydrogens (tertiary/aromatic N) is 1. The number of carbonyl (C=O) groups excluding carboxylic acids is 2. The Hall–Kier alpha value is -2.30. The molecule has 0 saturated carbocycles. The van der Waals surface area contributed by atoms with Crippen LogP contribution in [0.2, 0.25) is 0 Å². The number of aryl methyl sites for hydroxylation is 2. The number of para-hydroxylation sites is 1. The third kappa shape index (κ3) is 3.92. The maximum atomic E-state index is 12.0. The molecule has 1 aromatic carbocycles. The van der Waals surface area contributed by atoms with Crippen molar-refractivity contribution in [3.8, 4) is 0 Å². The quantitative estimate of drug-likeness (QED) is 0.582. The zero-order chi connectivity index (χ0) is 16.8. The van der Waals surface area contributed by atoms with Gasteiger partial charge in [-0.25, -0.2) is 0 Å². The lowest BCUT2D eigenvalue weighted by Crippen LogP contribution is -2.28. The van der Waals surface area contributed by atoms with Crippen molar-refractivity contribution in [2.75, 3.05) is 13.2 Å². The van der Waals surface area contributed by atoms with Gasteiger partial charge in [-0.05, 0) is 38.3 Å². The van der Waals surface area contributed by atoms with E-state index in [9.17, 15) is 9.59 Å². The summed E-state index contributed by atoms with van der Waals surface area (Å²) >= 11 is 0. The van der Waals surface area contributed by atoms with Crippen molar-refractivity contribution >= 4 is 22.8 Å². The summed E-state index contributed by atoms with van der Waals surface area (Å²) in [6, 6.07) is 8.08. The lowest BCUT2D eigenvalue weighted by Gasteiger charge is -2.14. The summed E-state index contributed by atoms with van der Waals surface area (Å²) in [5, 5.41) is 1.14. The van der Waals surface area contributed by atoms with Crippen LogP contribution in [0.1, 0.15) is 25.8 Å². The molecule has 0 atom stereocenters. The molecular weight excluding hydrogens is 294 g/mol. The number of benzene rings is 1. The standard InChI is InChI=1S/C18H23NO4/c1-4-22-17(20)15(18(21)23-5-2)11-10-13-12-19(3)16-9-7-6-8-14(13)16/h6-9,12,15H,4-5,10-11H2,1-3H3. The van der Waals surface area contributed by atoms with Crippen LogP contribution in [0.4, 0.5) is 0 Å². The Morgan fingerprint density at radius 1 is 1.09 bits per heavy atom. The number of fused-ring (bicyclic) bond motifs is 1. The molecule has 0 saturated heterocycles. The molecule has 2 rings (SSSR count). The van der Waals surface area contributed by atoms with Crippen molar-refractivity contribution in [1.82, 2.24) is 4.57 Å². The van der Waals surface area contributed by atoms with Crippen molar-refractivity contribution in [1.29, 1.82) is 0 Å². The summed E-state index contributed by atoms with van der Waals surface area (Å²) in [4.78, 5) is 24.0. The SMILES string of the molecule is CCOC(=O)C(CCc1cn(C)c2ccccc12)C(=O)OCC. The molecule has 0 aliphatic heterocycles. The monoisotopic (exact) mass is 317 g/mol. The largest absolute Gasteiger partial charge is 0.465 e. The summed E-state index contributed by atoms with van der Waals surface area (Å²) in [6.07, 6.45) is 3.04. The lowest BCUT2D eigenvalue weighted by atomic mass is 9.99. The molecule has 0 radical (unpaired) electrons. The topological polar surface area (TPSA) is 57.5 Å². The smallest absolute Gasteiger partial charge is 0.320 e. The van der Waals surface area contributed by atoms with E-state index in [2.05, 4.69) is 10.6 Å². The lowest BCUT2D eigenvalue weighted by molar-refractivity contribution is -0.161. The maximum Gasteiger partial charge on any atom is 0.320 e. The van der Waals surface area contributed by atoms with Crippen LogP contribution in [0.3, 0.4) is 0 Å². The average molecular weight is 317 g/mol. The molecule has 23 heavy (non-hydrogen) atoms. The number of aromatic nitrogens is 1. The molecule has 1 heterocycles. The highest BCUT2D eigenvalue weighted by Crippen LogP contribution is 2.23. The maximum absolute atomic E-state index is 12.0. The van der Waals surface area contributed by atoms with Gasteiger partial charge in [0.25, 0.3) is 0 Å². The van der Waals surface area contributed by atoms with Gasteiger partial charge in [0.15, 0.2) is 5.92 Å². The zero-order valence-corrected chi connectivity index (χ0v) is 13.9. The Morgan fingerprint density at radius 3 is 2.30 bits per heavy atom. The Bertz CT molecular complexity index is 671. The highest BCUT2D eigenvalue weighted by Gasteiger charge is 2.29. The first-order valence-corrected chi connectivity index (χ1v) is 7.94. The van der Waals surface area contributed by atoms with E-state index < -0.39 is 17.9 Å². The molecule has 0 spiro atoms. The van der Waals surface area contributed by atoms with Crippen molar-refractivity contribution < 1.29 is 19.1 Å². The van der Waals surface area contributed by atoms with Crippen LogP contribution in [0.25, 0.3) is 10.9 Å². The van der Waals surface area contributed by atoms with Crippen LogP contribution in [0.15, 0.2) is 30.5 Å². The first kappa shape index (κ1) is 17.1. The van der Waals surface area contributed by atoms with Gasteiger partial charge in [-0.3, -0.25) is 9.59 Å². The highest BCUT2D eigenvalue weighted by molar-refractivity contribution is 5.95. The van der Waals surface area contributed by atoms with Gasteiger partial charge in [-0.15, -0.1) is 0 Å². The van der Waals surface area contributed by atoms with Crippen LogP contribution < -0.4 is 0 Å². The molecule has 5 nitrogen and oxygen atoms in total. The van der Waals surface area contributed by atoms with Gasteiger partial charge in [0, 0.05) is 24.1 Å². The van der Waals surface area contributed by atoms with Gasteiger partial charge in [0.1, 0.15) is 0 Å². The molecule has 0 unspecified atom stereocenters. The van der Waals surface area contributed by atoms with E-state index in [0.29, 0.717) is 12.8 Å². The van der Waals surface area contributed by atoms with E-state index in [1.165, 1.54) is 0 Å². The van der Waals surface area contributed by atoms with E-state index in [0.717, 1.165) is 16.5 Å². The van der Waals surface area contributed by atoms with Crippen molar-refractivity contribution in [3.63, 3.8) is 0 Å². The number of rotatable bonds is 7. The van der Waals surface area contributed by atoms with E-state index >= 15 is 0 Å². The third-order valence-corrected chi connectivity index (χ3v) is 3.82. The fourth-order valence-corrected chi connectivity index (χ4v) is 2.74. The number of esters is 2. The summed E-state index contributed by atoms with van der Waals surface area (Å²) in [6.45, 7) is 3.96. The number of ether oxygens (including phenoxy) is 2. The summed E-state index contributed by atoms with van der Waals surface area (Å²) in [5.41, 5.74) is 2.24. The van der Waals surface area contributed by atoms with E-state index in [1.807, 2.05) is 31.4 Å². The van der Waals surface area contributed by atoms with Gasteiger partial charge in [-0.1, -0.05) is 18.2 Å². The third-order valence-electron chi connectivity index (χ3n) is 3.82. The number of hydrogen-bond acceptors (Lipinski definition) is 4. The molecule has 0 N–H and O–H groups in total. The molecule has 0 amide bonds.